The number of nitrogens with zero attached hydrogens (tertiary/aromatic N) is 6. The van der Waals surface area contributed by atoms with Gasteiger partial charge < -0.3 is 10.4 Å². The van der Waals surface area contributed by atoms with Gasteiger partial charge in [0.15, 0.2) is 0 Å². The highest BCUT2D eigenvalue weighted by molar-refractivity contribution is 7.15. The zero-order valence-electron chi connectivity index (χ0n) is 15.7. The number of carboxylic acids is 1. The Labute approximate surface area is 165 Å². The van der Waals surface area contributed by atoms with Gasteiger partial charge in [0.1, 0.15) is 17.7 Å². The van der Waals surface area contributed by atoms with Crippen LogP contribution in [0.5, 0.6) is 0 Å². The first kappa shape index (κ1) is 21.4. The predicted molar refractivity (Wildman–Crippen MR) is 101 cm³/mol. The van der Waals surface area contributed by atoms with Crippen LogP contribution in [0, 0.1) is 5.92 Å². The SMILES string of the molecule is CC(=O)O.CCCc1nnc(N2CC(C(=O)NCCn3cncn3)CC2=O)s1. The maximum Gasteiger partial charge on any atom is 0.300 e. The molecule has 2 aromatic rings. The van der Waals surface area contributed by atoms with Crippen LogP contribution < -0.4 is 10.2 Å². The van der Waals surface area contributed by atoms with E-state index in [2.05, 4.69) is 32.5 Å². The number of aryl methyl sites for hydroxylation is 1. The summed E-state index contributed by atoms with van der Waals surface area (Å²) in [5.41, 5.74) is 0. The molecule has 12 heteroatoms. The first-order valence-corrected chi connectivity index (χ1v) is 9.64. The van der Waals surface area contributed by atoms with Gasteiger partial charge in [-0.3, -0.25) is 24.0 Å². The smallest absolute Gasteiger partial charge is 0.300 e. The van der Waals surface area contributed by atoms with Gasteiger partial charge in [0, 0.05) is 32.9 Å². The monoisotopic (exact) mass is 409 g/mol. The predicted octanol–water partition coefficient (Wildman–Crippen LogP) is 0.342. The van der Waals surface area contributed by atoms with E-state index in [9.17, 15) is 9.59 Å². The van der Waals surface area contributed by atoms with Crippen LogP contribution >= 0.6 is 11.3 Å². The summed E-state index contributed by atoms with van der Waals surface area (Å²) in [6.45, 7) is 4.51. The van der Waals surface area contributed by atoms with Crippen molar-refractivity contribution < 1.29 is 19.5 Å². The van der Waals surface area contributed by atoms with Crippen molar-refractivity contribution in [1.82, 2.24) is 30.3 Å². The Morgan fingerprint density at radius 1 is 1.39 bits per heavy atom. The Kier molecular flexibility index (Phi) is 7.99. The highest BCUT2D eigenvalue weighted by Crippen LogP contribution is 2.28. The van der Waals surface area contributed by atoms with Crippen molar-refractivity contribution >= 4 is 34.3 Å². The highest BCUT2D eigenvalue weighted by Gasteiger charge is 2.36. The second-order valence-corrected chi connectivity index (χ2v) is 7.14. The summed E-state index contributed by atoms with van der Waals surface area (Å²) < 4.78 is 1.64. The van der Waals surface area contributed by atoms with E-state index in [0.717, 1.165) is 24.8 Å². The van der Waals surface area contributed by atoms with Gasteiger partial charge in [-0.2, -0.15) is 5.10 Å². The summed E-state index contributed by atoms with van der Waals surface area (Å²) in [5, 5.41) is 23.9. The quantitative estimate of drug-likeness (QED) is 0.666. The fourth-order valence-corrected chi connectivity index (χ4v) is 3.49. The number of nitrogens with one attached hydrogen (secondary N) is 1. The molecule has 2 N–H and O–H groups in total. The van der Waals surface area contributed by atoms with Crippen LogP contribution in [0.4, 0.5) is 5.13 Å². The Morgan fingerprint density at radius 3 is 2.79 bits per heavy atom. The van der Waals surface area contributed by atoms with Crippen molar-refractivity contribution in [2.24, 2.45) is 5.92 Å². The second-order valence-electron chi connectivity index (χ2n) is 6.10. The standard InChI is InChI=1S/C14H19N7O2S.C2H4O2/c1-2-3-11-18-19-14(24-11)21-7-10(6-12(21)22)13(23)16-4-5-20-9-15-8-17-20;1-2(3)4/h8-10H,2-7H2,1H3,(H,16,23);1H3,(H,3,4). The van der Waals surface area contributed by atoms with Gasteiger partial charge in [-0.05, 0) is 6.42 Å². The van der Waals surface area contributed by atoms with E-state index in [1.807, 2.05) is 0 Å². The second kappa shape index (κ2) is 10.4. The number of anilines is 1. The molecule has 28 heavy (non-hydrogen) atoms. The van der Waals surface area contributed by atoms with Gasteiger partial charge in [-0.25, -0.2) is 4.98 Å². The molecule has 2 aromatic heterocycles. The lowest BCUT2D eigenvalue weighted by Gasteiger charge is -2.12. The summed E-state index contributed by atoms with van der Waals surface area (Å²) in [5.74, 6) is -1.39. The molecule has 0 aromatic carbocycles. The Morgan fingerprint density at radius 2 is 2.14 bits per heavy atom. The zero-order chi connectivity index (χ0) is 20.5. The molecule has 3 rings (SSSR count). The fraction of sp³-hybridized carbons (Fsp3) is 0.562. The molecule has 11 nitrogen and oxygen atoms in total. The van der Waals surface area contributed by atoms with Crippen LogP contribution in [0.3, 0.4) is 0 Å². The van der Waals surface area contributed by atoms with E-state index >= 15 is 0 Å². The van der Waals surface area contributed by atoms with Crippen LogP contribution in [0.2, 0.25) is 0 Å². The normalized spacial score (nSPS) is 15.9. The average molecular weight is 409 g/mol. The van der Waals surface area contributed by atoms with E-state index < -0.39 is 5.97 Å². The molecular weight excluding hydrogens is 386 g/mol. The number of rotatable bonds is 7. The number of carbonyl (C=O) groups is 3. The average Bonchev–Trinajstić information content (AvgIpc) is 3.35. The maximum atomic E-state index is 12.2. The van der Waals surface area contributed by atoms with E-state index in [-0.39, 0.29) is 24.2 Å². The summed E-state index contributed by atoms with van der Waals surface area (Å²) in [6, 6.07) is 0. The maximum absolute atomic E-state index is 12.2. The Balaban J connectivity index is 0.000000640. The summed E-state index contributed by atoms with van der Waals surface area (Å²) in [6.07, 6.45) is 5.09. The lowest BCUT2D eigenvalue weighted by molar-refractivity contribution is -0.134. The van der Waals surface area contributed by atoms with Crippen molar-refractivity contribution in [3.63, 3.8) is 0 Å². The first-order valence-electron chi connectivity index (χ1n) is 8.83. The molecule has 1 unspecified atom stereocenters. The largest absolute Gasteiger partial charge is 0.481 e. The van der Waals surface area contributed by atoms with Crippen molar-refractivity contribution in [1.29, 1.82) is 0 Å². The van der Waals surface area contributed by atoms with E-state index in [1.165, 1.54) is 17.7 Å². The molecule has 1 fully saturated rings. The summed E-state index contributed by atoms with van der Waals surface area (Å²) in [4.78, 5) is 38.8. The molecule has 2 amide bonds. The molecule has 0 radical (unpaired) electrons. The minimum atomic E-state index is -0.833. The van der Waals surface area contributed by atoms with E-state index in [0.29, 0.717) is 24.8 Å². The summed E-state index contributed by atoms with van der Waals surface area (Å²) >= 11 is 1.42. The lowest BCUT2D eigenvalue weighted by Crippen LogP contribution is -2.34. The molecule has 0 aliphatic carbocycles. The van der Waals surface area contributed by atoms with Crippen molar-refractivity contribution in [3.8, 4) is 0 Å². The third-order valence-corrected chi connectivity index (χ3v) is 4.76. The van der Waals surface area contributed by atoms with Crippen LogP contribution in [0.1, 0.15) is 31.7 Å². The lowest BCUT2D eigenvalue weighted by atomic mass is 10.1. The first-order chi connectivity index (χ1) is 13.4. The minimum absolute atomic E-state index is 0.0781. The number of carboxylic acid groups (broad SMARTS) is 1. The van der Waals surface area contributed by atoms with Crippen molar-refractivity contribution in [2.75, 3.05) is 18.0 Å². The van der Waals surface area contributed by atoms with Gasteiger partial charge in [-0.1, -0.05) is 18.3 Å². The minimum Gasteiger partial charge on any atom is -0.481 e. The number of hydrogen-bond acceptors (Lipinski definition) is 8. The van der Waals surface area contributed by atoms with E-state index in [4.69, 9.17) is 9.90 Å². The van der Waals surface area contributed by atoms with Gasteiger partial charge in [0.25, 0.3) is 5.97 Å². The molecular formula is C16H23N7O4S. The number of amides is 2. The fourth-order valence-electron chi connectivity index (χ4n) is 2.52. The van der Waals surface area contributed by atoms with Gasteiger partial charge >= 0.3 is 0 Å². The van der Waals surface area contributed by atoms with Crippen molar-refractivity contribution in [3.05, 3.63) is 17.7 Å². The topological polar surface area (TPSA) is 143 Å². The Hall–Kier alpha value is -2.89. The van der Waals surface area contributed by atoms with Crippen LogP contribution in [0.15, 0.2) is 12.7 Å². The highest BCUT2D eigenvalue weighted by atomic mass is 32.1. The molecule has 1 saturated heterocycles. The van der Waals surface area contributed by atoms with Gasteiger partial charge in [0.05, 0.1) is 12.5 Å². The third-order valence-electron chi connectivity index (χ3n) is 3.75. The van der Waals surface area contributed by atoms with E-state index in [1.54, 1.807) is 15.9 Å². The van der Waals surface area contributed by atoms with Crippen LogP contribution in [-0.4, -0.2) is 60.9 Å². The van der Waals surface area contributed by atoms with Crippen LogP contribution in [-0.2, 0) is 27.3 Å². The number of carbonyl (C=O) groups excluding carboxylic acids is 2. The molecule has 1 atom stereocenters. The third kappa shape index (κ3) is 6.37. The number of hydrogen-bond donors (Lipinski definition) is 2. The number of aromatic nitrogens is 5. The molecule has 3 heterocycles. The molecule has 1 aliphatic heterocycles. The zero-order valence-corrected chi connectivity index (χ0v) is 16.6. The van der Waals surface area contributed by atoms with Gasteiger partial charge in [0.2, 0.25) is 16.9 Å². The van der Waals surface area contributed by atoms with Crippen LogP contribution in [0.25, 0.3) is 0 Å². The molecule has 0 spiro atoms. The number of aliphatic carboxylic acids is 1. The van der Waals surface area contributed by atoms with Gasteiger partial charge in [-0.15, -0.1) is 10.2 Å². The summed E-state index contributed by atoms with van der Waals surface area (Å²) in [7, 11) is 0. The molecule has 152 valence electrons. The van der Waals surface area contributed by atoms with Crippen molar-refractivity contribution in [2.45, 2.75) is 39.7 Å². The molecule has 1 aliphatic rings. The molecule has 0 saturated carbocycles. The molecule has 0 bridgehead atoms. The Bertz CT molecular complexity index is 789.